The number of nitrogens with one attached hydrogen (secondary N) is 1. The van der Waals surface area contributed by atoms with E-state index >= 15 is 0 Å². The third kappa shape index (κ3) is 3.70. The number of amides is 2. The number of hydrogen-bond donors (Lipinski definition) is 1. The lowest BCUT2D eigenvalue weighted by Gasteiger charge is -2.27. The van der Waals surface area contributed by atoms with Crippen molar-refractivity contribution < 1.29 is 14.0 Å². The highest BCUT2D eigenvalue weighted by molar-refractivity contribution is 5.97. The topological polar surface area (TPSA) is 62.6 Å². The van der Waals surface area contributed by atoms with Crippen LogP contribution in [0.15, 0.2) is 16.5 Å². The highest BCUT2D eigenvalue weighted by Crippen LogP contribution is 2.21. The summed E-state index contributed by atoms with van der Waals surface area (Å²) in [6.45, 7) is 5.90. The molecule has 0 saturated carbocycles. The zero-order chi connectivity index (χ0) is 14.5. The Bertz CT molecular complexity index is 463. The minimum atomic E-state index is -0.101. The van der Waals surface area contributed by atoms with Crippen molar-refractivity contribution in [1.29, 1.82) is 0 Å². The van der Waals surface area contributed by atoms with Gasteiger partial charge < -0.3 is 9.73 Å². The summed E-state index contributed by atoms with van der Waals surface area (Å²) in [7, 11) is 0. The zero-order valence-corrected chi connectivity index (χ0v) is 12.1. The maximum absolute atomic E-state index is 11.9. The molecule has 5 heteroatoms. The second-order valence-electron chi connectivity index (χ2n) is 5.43. The molecule has 5 nitrogen and oxygen atoms in total. The maximum atomic E-state index is 11.9. The molecule has 1 fully saturated rings. The largest absolute Gasteiger partial charge is 0.463 e. The van der Waals surface area contributed by atoms with Gasteiger partial charge in [-0.1, -0.05) is 13.8 Å². The number of imide groups is 1. The van der Waals surface area contributed by atoms with Crippen LogP contribution in [0.5, 0.6) is 0 Å². The minimum absolute atomic E-state index is 0.101. The van der Waals surface area contributed by atoms with Crippen LogP contribution in [0.1, 0.15) is 44.6 Å². The van der Waals surface area contributed by atoms with Gasteiger partial charge in [0.05, 0.1) is 13.1 Å². The second kappa shape index (κ2) is 6.70. The van der Waals surface area contributed by atoms with Gasteiger partial charge in [0, 0.05) is 12.8 Å². The lowest BCUT2D eigenvalue weighted by molar-refractivity contribution is -0.150. The lowest BCUT2D eigenvalue weighted by Crippen LogP contribution is -2.42. The number of carbonyl (C=O) groups excluding carboxylic acids is 2. The SMILES string of the molecule is CCCNCc1ccc(CN2C(=O)CC(C)CC2=O)o1. The van der Waals surface area contributed by atoms with E-state index in [1.165, 1.54) is 4.90 Å². The number of carbonyl (C=O) groups is 2. The molecule has 0 unspecified atom stereocenters. The first-order valence-electron chi connectivity index (χ1n) is 7.21. The zero-order valence-electron chi connectivity index (χ0n) is 12.1. The van der Waals surface area contributed by atoms with Crippen LogP contribution in [-0.2, 0) is 22.7 Å². The van der Waals surface area contributed by atoms with Gasteiger partial charge in [-0.25, -0.2) is 0 Å². The van der Waals surface area contributed by atoms with Gasteiger partial charge in [0.2, 0.25) is 11.8 Å². The number of piperidine rings is 1. The van der Waals surface area contributed by atoms with Crippen molar-refractivity contribution in [3.63, 3.8) is 0 Å². The van der Waals surface area contributed by atoms with Crippen molar-refractivity contribution in [3.05, 3.63) is 23.7 Å². The van der Waals surface area contributed by atoms with Gasteiger partial charge in [-0.05, 0) is 31.0 Å². The van der Waals surface area contributed by atoms with Crippen LogP contribution in [0, 0.1) is 5.92 Å². The Balaban J connectivity index is 1.92. The summed E-state index contributed by atoms with van der Waals surface area (Å²) in [6.07, 6.45) is 1.96. The van der Waals surface area contributed by atoms with Crippen LogP contribution in [-0.4, -0.2) is 23.3 Å². The van der Waals surface area contributed by atoms with Gasteiger partial charge in [-0.2, -0.15) is 0 Å². The van der Waals surface area contributed by atoms with Crippen molar-refractivity contribution in [3.8, 4) is 0 Å². The molecule has 0 bridgehead atoms. The molecule has 20 heavy (non-hydrogen) atoms. The average Bonchev–Trinajstić information content (AvgIpc) is 2.82. The molecule has 110 valence electrons. The molecule has 1 aromatic heterocycles. The summed E-state index contributed by atoms with van der Waals surface area (Å²) in [5.74, 6) is 1.44. The summed E-state index contributed by atoms with van der Waals surface area (Å²) in [6, 6.07) is 3.72. The van der Waals surface area contributed by atoms with Gasteiger partial charge in [0.1, 0.15) is 11.5 Å². The quantitative estimate of drug-likeness (QED) is 0.639. The summed E-state index contributed by atoms with van der Waals surface area (Å²) in [4.78, 5) is 25.1. The van der Waals surface area contributed by atoms with Gasteiger partial charge in [0.25, 0.3) is 0 Å². The maximum Gasteiger partial charge on any atom is 0.229 e. The molecule has 0 aromatic carbocycles. The van der Waals surface area contributed by atoms with E-state index in [1.54, 1.807) is 0 Å². The van der Waals surface area contributed by atoms with E-state index in [2.05, 4.69) is 12.2 Å². The fourth-order valence-electron chi connectivity index (χ4n) is 2.35. The number of nitrogens with zero attached hydrogens (tertiary/aromatic N) is 1. The van der Waals surface area contributed by atoms with Crippen LogP contribution in [0.25, 0.3) is 0 Å². The van der Waals surface area contributed by atoms with Crippen molar-refractivity contribution in [1.82, 2.24) is 10.2 Å². The Morgan fingerprint density at radius 3 is 2.55 bits per heavy atom. The highest BCUT2D eigenvalue weighted by Gasteiger charge is 2.30. The summed E-state index contributed by atoms with van der Waals surface area (Å²) in [5.41, 5.74) is 0. The Morgan fingerprint density at radius 1 is 1.25 bits per heavy atom. The standard InChI is InChI=1S/C15H22N2O3/c1-3-6-16-9-12-4-5-13(20-12)10-17-14(18)7-11(2)8-15(17)19/h4-5,11,16H,3,6-10H2,1-2H3. The molecule has 1 N–H and O–H groups in total. The van der Waals surface area contributed by atoms with Crippen LogP contribution >= 0.6 is 0 Å². The van der Waals surface area contributed by atoms with Gasteiger partial charge in [-0.15, -0.1) is 0 Å². The number of rotatable bonds is 6. The average molecular weight is 278 g/mol. The van der Waals surface area contributed by atoms with Gasteiger partial charge in [-0.3, -0.25) is 14.5 Å². The number of likely N-dealkylation sites (tertiary alicyclic amines) is 1. The first-order chi connectivity index (χ1) is 9.60. The van der Waals surface area contributed by atoms with Gasteiger partial charge >= 0.3 is 0 Å². The number of furan rings is 1. The smallest absolute Gasteiger partial charge is 0.229 e. The van der Waals surface area contributed by atoms with Crippen molar-refractivity contribution in [2.75, 3.05) is 6.54 Å². The van der Waals surface area contributed by atoms with E-state index in [1.807, 2.05) is 19.1 Å². The molecular weight excluding hydrogens is 256 g/mol. The molecule has 0 aliphatic carbocycles. The predicted molar refractivity (Wildman–Crippen MR) is 74.7 cm³/mol. The molecule has 2 rings (SSSR count). The van der Waals surface area contributed by atoms with Crippen molar-refractivity contribution in [2.45, 2.75) is 46.2 Å². The highest BCUT2D eigenvalue weighted by atomic mass is 16.3. The predicted octanol–water partition coefficient (Wildman–Crippen LogP) is 2.06. The molecule has 2 amide bonds. The first-order valence-corrected chi connectivity index (χ1v) is 7.21. The third-order valence-corrected chi connectivity index (χ3v) is 3.41. The van der Waals surface area contributed by atoms with Crippen molar-refractivity contribution >= 4 is 11.8 Å². The molecule has 1 aromatic rings. The molecule has 1 aliphatic rings. The van der Waals surface area contributed by atoms with Crippen LogP contribution in [0.4, 0.5) is 0 Å². The third-order valence-electron chi connectivity index (χ3n) is 3.41. The second-order valence-corrected chi connectivity index (χ2v) is 5.43. The first kappa shape index (κ1) is 14.8. The number of hydrogen-bond acceptors (Lipinski definition) is 4. The molecule has 0 atom stereocenters. The Labute approximate surface area is 119 Å². The fourth-order valence-corrected chi connectivity index (χ4v) is 2.35. The molecule has 0 spiro atoms. The van der Waals surface area contributed by atoms with Crippen LogP contribution < -0.4 is 5.32 Å². The molecule has 1 aliphatic heterocycles. The monoisotopic (exact) mass is 278 g/mol. The minimum Gasteiger partial charge on any atom is -0.463 e. The fraction of sp³-hybridized carbons (Fsp3) is 0.600. The summed E-state index contributed by atoms with van der Waals surface area (Å²) >= 11 is 0. The normalized spacial score (nSPS) is 17.0. The van der Waals surface area contributed by atoms with Crippen LogP contribution in [0.2, 0.25) is 0 Å². The summed E-state index contributed by atoms with van der Waals surface area (Å²) in [5, 5.41) is 3.25. The van der Waals surface area contributed by atoms with Crippen LogP contribution in [0.3, 0.4) is 0 Å². The van der Waals surface area contributed by atoms with E-state index in [4.69, 9.17) is 4.42 Å². The molecule has 1 saturated heterocycles. The molecule has 2 heterocycles. The van der Waals surface area contributed by atoms with E-state index in [9.17, 15) is 9.59 Å². The van der Waals surface area contributed by atoms with Gasteiger partial charge in [0.15, 0.2) is 0 Å². The Morgan fingerprint density at radius 2 is 1.90 bits per heavy atom. The van der Waals surface area contributed by atoms with E-state index < -0.39 is 0 Å². The summed E-state index contributed by atoms with van der Waals surface area (Å²) < 4.78 is 5.65. The van der Waals surface area contributed by atoms with E-state index in [0.717, 1.165) is 18.7 Å². The Hall–Kier alpha value is -1.62. The molecular formula is C15H22N2O3. The Kier molecular flexibility index (Phi) is 4.95. The molecule has 0 radical (unpaired) electrons. The van der Waals surface area contributed by atoms with Crippen molar-refractivity contribution in [2.24, 2.45) is 5.92 Å². The van der Waals surface area contributed by atoms with E-state index in [0.29, 0.717) is 25.1 Å². The lowest BCUT2D eigenvalue weighted by atomic mass is 9.98. The van der Waals surface area contributed by atoms with E-state index in [-0.39, 0.29) is 24.3 Å².